The summed E-state index contributed by atoms with van der Waals surface area (Å²) >= 11 is 0. The Hall–Kier alpha value is -2.84. The van der Waals surface area contributed by atoms with E-state index in [9.17, 15) is 14.9 Å². The maximum absolute atomic E-state index is 12.1. The number of piperidine rings is 1. The van der Waals surface area contributed by atoms with Gasteiger partial charge in [0.05, 0.1) is 6.07 Å². The van der Waals surface area contributed by atoms with E-state index in [0.717, 1.165) is 31.9 Å². The molecule has 0 aliphatic carbocycles. The molecule has 23 heavy (non-hydrogen) atoms. The number of carbonyl (C=O) groups excluding carboxylic acids is 1. The second-order valence-electron chi connectivity index (χ2n) is 5.47. The van der Waals surface area contributed by atoms with Gasteiger partial charge in [-0.3, -0.25) is 14.9 Å². The zero-order valence-corrected chi connectivity index (χ0v) is 12.6. The zero-order chi connectivity index (χ0) is 16.4. The minimum atomic E-state index is -0.665. The fourth-order valence-electron chi connectivity index (χ4n) is 2.69. The molecule has 9 nitrogen and oxygen atoms in total. The van der Waals surface area contributed by atoms with Gasteiger partial charge in [-0.15, -0.1) is 0 Å². The fraction of sp³-hybridized carbons (Fsp3) is 0.429. The highest BCUT2D eigenvalue weighted by Gasteiger charge is 2.25. The van der Waals surface area contributed by atoms with Gasteiger partial charge < -0.3 is 19.2 Å². The monoisotopic (exact) mass is 319 g/mol. The Labute approximate surface area is 132 Å². The number of hydrogen-bond donors (Lipinski definition) is 1. The maximum atomic E-state index is 12.1. The zero-order valence-electron chi connectivity index (χ0n) is 12.6. The lowest BCUT2D eigenvalue weighted by Crippen LogP contribution is -2.45. The summed E-state index contributed by atoms with van der Waals surface area (Å²) < 4.78 is 6.87. The van der Waals surface area contributed by atoms with Gasteiger partial charge in [-0.1, -0.05) is 0 Å². The molecule has 0 bridgehead atoms. The lowest BCUT2D eigenvalue weighted by Gasteiger charge is -2.32. The van der Waals surface area contributed by atoms with E-state index in [1.807, 2.05) is 17.8 Å². The van der Waals surface area contributed by atoms with Crippen molar-refractivity contribution >= 4 is 17.7 Å². The van der Waals surface area contributed by atoms with Crippen molar-refractivity contribution in [3.63, 3.8) is 0 Å². The van der Waals surface area contributed by atoms with E-state index < -0.39 is 16.7 Å². The van der Waals surface area contributed by atoms with Gasteiger partial charge in [0.1, 0.15) is 4.92 Å². The average Bonchev–Trinajstić information content (AvgIpc) is 3.17. The quantitative estimate of drug-likeness (QED) is 0.673. The molecule has 0 radical (unpaired) electrons. The van der Waals surface area contributed by atoms with Gasteiger partial charge in [-0.2, -0.15) is 0 Å². The SMILES string of the molecule is Cn1ccnc1N1CCC(NC(=O)c2ccc([N+](=O)[O-])o2)CC1. The third-order valence-corrected chi connectivity index (χ3v) is 3.90. The molecule has 1 aliphatic rings. The number of hydrogen-bond acceptors (Lipinski definition) is 6. The number of carbonyl (C=O) groups is 1. The number of rotatable bonds is 4. The summed E-state index contributed by atoms with van der Waals surface area (Å²) in [6.45, 7) is 1.57. The molecule has 1 amide bonds. The molecule has 9 heteroatoms. The van der Waals surface area contributed by atoms with Crippen LogP contribution in [-0.4, -0.2) is 39.5 Å². The number of amides is 1. The first-order valence-electron chi connectivity index (χ1n) is 7.32. The number of anilines is 1. The van der Waals surface area contributed by atoms with Gasteiger partial charge in [0.2, 0.25) is 5.95 Å². The molecule has 1 N–H and O–H groups in total. The second-order valence-corrected chi connectivity index (χ2v) is 5.47. The van der Waals surface area contributed by atoms with Crippen LogP contribution in [0.1, 0.15) is 23.4 Å². The van der Waals surface area contributed by atoms with Gasteiger partial charge in [0, 0.05) is 38.6 Å². The lowest BCUT2D eigenvalue weighted by molar-refractivity contribution is -0.402. The Kier molecular flexibility index (Phi) is 4.00. The number of nitrogens with zero attached hydrogens (tertiary/aromatic N) is 4. The Morgan fingerprint density at radius 1 is 1.43 bits per heavy atom. The van der Waals surface area contributed by atoms with Crippen LogP contribution in [0, 0.1) is 10.1 Å². The van der Waals surface area contributed by atoms with Crippen molar-refractivity contribution < 1.29 is 14.1 Å². The molecule has 3 rings (SSSR count). The normalized spacial score (nSPS) is 15.6. The average molecular weight is 319 g/mol. The molecule has 1 aliphatic heterocycles. The number of aryl methyl sites for hydroxylation is 1. The van der Waals surface area contributed by atoms with Crippen molar-refractivity contribution in [3.8, 4) is 0 Å². The molecule has 122 valence electrons. The predicted molar refractivity (Wildman–Crippen MR) is 81.3 cm³/mol. The molecule has 0 aromatic carbocycles. The largest absolute Gasteiger partial charge is 0.433 e. The minimum Gasteiger partial charge on any atom is -0.395 e. The molecule has 2 aromatic heterocycles. The van der Waals surface area contributed by atoms with E-state index in [1.54, 1.807) is 6.20 Å². The van der Waals surface area contributed by atoms with Crippen molar-refractivity contribution in [2.75, 3.05) is 18.0 Å². The topological polar surface area (TPSA) is 106 Å². The van der Waals surface area contributed by atoms with Crippen LogP contribution in [0.15, 0.2) is 28.9 Å². The summed E-state index contributed by atoms with van der Waals surface area (Å²) in [5.74, 6) is 0.0213. The van der Waals surface area contributed by atoms with Crippen LogP contribution < -0.4 is 10.2 Å². The molecule has 1 fully saturated rings. The van der Waals surface area contributed by atoms with Crippen molar-refractivity contribution in [1.29, 1.82) is 0 Å². The molecular formula is C14H17N5O4. The molecule has 0 spiro atoms. The minimum absolute atomic E-state index is 0.0168. The lowest BCUT2D eigenvalue weighted by atomic mass is 10.1. The van der Waals surface area contributed by atoms with E-state index in [0.29, 0.717) is 0 Å². The number of furan rings is 1. The molecular weight excluding hydrogens is 302 g/mol. The number of aromatic nitrogens is 2. The number of imidazole rings is 1. The smallest absolute Gasteiger partial charge is 0.395 e. The fourth-order valence-corrected chi connectivity index (χ4v) is 2.69. The van der Waals surface area contributed by atoms with Crippen molar-refractivity contribution in [3.05, 3.63) is 40.4 Å². The van der Waals surface area contributed by atoms with Crippen LogP contribution in [0.3, 0.4) is 0 Å². The molecule has 0 saturated carbocycles. The first kappa shape index (κ1) is 15.1. The van der Waals surface area contributed by atoms with Crippen molar-refractivity contribution in [2.24, 2.45) is 7.05 Å². The van der Waals surface area contributed by atoms with Crippen LogP contribution in [-0.2, 0) is 7.05 Å². The third-order valence-electron chi connectivity index (χ3n) is 3.90. The molecule has 2 aromatic rings. The molecule has 1 saturated heterocycles. The highest BCUT2D eigenvalue weighted by molar-refractivity contribution is 5.91. The summed E-state index contributed by atoms with van der Waals surface area (Å²) in [5, 5.41) is 13.4. The van der Waals surface area contributed by atoms with Gasteiger partial charge in [-0.05, 0) is 18.9 Å². The van der Waals surface area contributed by atoms with E-state index in [-0.39, 0.29) is 11.8 Å². The van der Waals surface area contributed by atoms with E-state index in [4.69, 9.17) is 4.42 Å². The van der Waals surface area contributed by atoms with Gasteiger partial charge >= 0.3 is 5.88 Å². The Balaban J connectivity index is 1.55. The molecule has 0 unspecified atom stereocenters. The van der Waals surface area contributed by atoms with E-state index in [1.165, 1.54) is 12.1 Å². The number of nitrogens with one attached hydrogen (secondary N) is 1. The molecule has 0 atom stereocenters. The summed E-state index contributed by atoms with van der Waals surface area (Å²) in [6, 6.07) is 2.51. The first-order chi connectivity index (χ1) is 11.0. The van der Waals surface area contributed by atoms with Crippen LogP contribution in [0.2, 0.25) is 0 Å². The van der Waals surface area contributed by atoms with Gasteiger partial charge in [0.15, 0.2) is 5.76 Å². The van der Waals surface area contributed by atoms with Gasteiger partial charge in [-0.25, -0.2) is 4.98 Å². The molecule has 3 heterocycles. The Morgan fingerprint density at radius 3 is 2.74 bits per heavy atom. The maximum Gasteiger partial charge on any atom is 0.433 e. The third kappa shape index (κ3) is 3.17. The van der Waals surface area contributed by atoms with Gasteiger partial charge in [0.25, 0.3) is 5.91 Å². The summed E-state index contributed by atoms with van der Waals surface area (Å²) in [7, 11) is 1.94. The highest BCUT2D eigenvalue weighted by atomic mass is 16.6. The van der Waals surface area contributed by atoms with Crippen molar-refractivity contribution in [1.82, 2.24) is 14.9 Å². The predicted octanol–water partition coefficient (Wildman–Crippen LogP) is 1.32. The second kappa shape index (κ2) is 6.11. The number of nitro groups is 1. The van der Waals surface area contributed by atoms with Crippen LogP contribution >= 0.6 is 0 Å². The summed E-state index contributed by atoms with van der Waals surface area (Å²) in [5.41, 5.74) is 0. The van der Waals surface area contributed by atoms with Crippen molar-refractivity contribution in [2.45, 2.75) is 18.9 Å². The first-order valence-corrected chi connectivity index (χ1v) is 7.32. The van der Waals surface area contributed by atoms with Crippen LogP contribution in [0.5, 0.6) is 0 Å². The van der Waals surface area contributed by atoms with E-state index in [2.05, 4.69) is 15.2 Å². The van der Waals surface area contributed by atoms with Crippen LogP contribution in [0.25, 0.3) is 0 Å². The van der Waals surface area contributed by atoms with Crippen LogP contribution in [0.4, 0.5) is 11.8 Å². The Bertz CT molecular complexity index is 714. The summed E-state index contributed by atoms with van der Waals surface area (Å²) in [4.78, 5) is 28.4. The van der Waals surface area contributed by atoms with E-state index >= 15 is 0 Å². The summed E-state index contributed by atoms with van der Waals surface area (Å²) in [6.07, 6.45) is 5.21. The Morgan fingerprint density at radius 2 is 2.17 bits per heavy atom. The standard InChI is InChI=1S/C14H17N5O4/c1-17-9-6-15-14(17)18-7-4-10(5-8-18)16-13(20)11-2-3-12(23-11)19(21)22/h2-3,6,9-10H,4-5,7-8H2,1H3,(H,16,20). The highest BCUT2D eigenvalue weighted by Crippen LogP contribution is 2.19.